The summed E-state index contributed by atoms with van der Waals surface area (Å²) < 4.78 is 0. The first-order valence-electron chi connectivity index (χ1n) is 9.45. The van der Waals surface area contributed by atoms with E-state index in [0.29, 0.717) is 12.5 Å². The lowest BCUT2D eigenvalue weighted by Crippen LogP contribution is -2.41. The van der Waals surface area contributed by atoms with E-state index in [4.69, 9.17) is 0 Å². The van der Waals surface area contributed by atoms with Gasteiger partial charge in [0.15, 0.2) is 0 Å². The largest absolute Gasteiger partial charge is 0.350 e. The molecular formula is C21H22N6O. The fourth-order valence-corrected chi connectivity index (χ4v) is 3.34. The molecule has 0 bridgehead atoms. The summed E-state index contributed by atoms with van der Waals surface area (Å²) >= 11 is 0. The molecule has 1 aliphatic rings. The van der Waals surface area contributed by atoms with Gasteiger partial charge in [-0.15, -0.1) is 0 Å². The van der Waals surface area contributed by atoms with Crippen LogP contribution in [-0.4, -0.2) is 38.9 Å². The first-order chi connectivity index (χ1) is 13.8. The van der Waals surface area contributed by atoms with Crippen molar-refractivity contribution in [2.75, 3.05) is 18.0 Å². The van der Waals surface area contributed by atoms with Crippen LogP contribution in [0, 0.1) is 5.92 Å². The molecule has 7 heteroatoms. The van der Waals surface area contributed by atoms with Crippen LogP contribution in [0.3, 0.4) is 0 Å². The van der Waals surface area contributed by atoms with E-state index in [0.717, 1.165) is 42.9 Å². The lowest BCUT2D eigenvalue weighted by atomic mass is 9.96. The Bertz CT molecular complexity index is 910. The van der Waals surface area contributed by atoms with Crippen molar-refractivity contribution in [3.63, 3.8) is 0 Å². The number of hydrogen-bond donors (Lipinski definition) is 1. The molecule has 0 saturated carbocycles. The van der Waals surface area contributed by atoms with Crippen molar-refractivity contribution in [2.45, 2.75) is 19.4 Å². The van der Waals surface area contributed by atoms with Gasteiger partial charge in [0.05, 0.1) is 17.9 Å². The highest BCUT2D eigenvalue weighted by Crippen LogP contribution is 2.23. The first-order valence-corrected chi connectivity index (χ1v) is 9.45. The van der Waals surface area contributed by atoms with Crippen LogP contribution in [0.25, 0.3) is 11.3 Å². The minimum Gasteiger partial charge on any atom is -0.350 e. The van der Waals surface area contributed by atoms with Crippen LogP contribution >= 0.6 is 0 Å². The normalized spacial score (nSPS) is 14.6. The zero-order chi connectivity index (χ0) is 19.2. The molecule has 0 radical (unpaired) electrons. The number of carbonyl (C=O) groups excluding carboxylic acids is 1. The van der Waals surface area contributed by atoms with Crippen LogP contribution in [0.2, 0.25) is 0 Å². The minimum atomic E-state index is 0.0152. The minimum absolute atomic E-state index is 0.0152. The Balaban J connectivity index is 1.33. The zero-order valence-corrected chi connectivity index (χ0v) is 15.5. The van der Waals surface area contributed by atoms with Crippen LogP contribution in [0.1, 0.15) is 18.5 Å². The first kappa shape index (κ1) is 18.0. The molecule has 1 N–H and O–H groups in total. The molecule has 4 heterocycles. The van der Waals surface area contributed by atoms with Crippen molar-refractivity contribution in [1.82, 2.24) is 25.3 Å². The number of anilines is 1. The van der Waals surface area contributed by atoms with Gasteiger partial charge in [-0.3, -0.25) is 14.8 Å². The Morgan fingerprint density at radius 3 is 2.68 bits per heavy atom. The fraction of sp³-hybridized carbons (Fsp3) is 0.286. The predicted octanol–water partition coefficient (Wildman–Crippen LogP) is 2.47. The van der Waals surface area contributed by atoms with Gasteiger partial charge in [0, 0.05) is 49.4 Å². The summed E-state index contributed by atoms with van der Waals surface area (Å²) in [5.74, 6) is 0.811. The molecule has 0 aromatic carbocycles. The second-order valence-electron chi connectivity index (χ2n) is 6.78. The van der Waals surface area contributed by atoms with Gasteiger partial charge in [-0.05, 0) is 43.2 Å². The van der Waals surface area contributed by atoms with Crippen molar-refractivity contribution < 1.29 is 4.79 Å². The third-order valence-corrected chi connectivity index (χ3v) is 4.92. The second-order valence-corrected chi connectivity index (χ2v) is 6.78. The predicted molar refractivity (Wildman–Crippen MR) is 106 cm³/mol. The van der Waals surface area contributed by atoms with Crippen LogP contribution < -0.4 is 10.2 Å². The number of nitrogens with zero attached hydrogens (tertiary/aromatic N) is 5. The lowest BCUT2D eigenvalue weighted by Gasteiger charge is -2.31. The number of pyridine rings is 2. The molecule has 4 rings (SSSR count). The van der Waals surface area contributed by atoms with Crippen LogP contribution in [0.4, 0.5) is 5.95 Å². The summed E-state index contributed by atoms with van der Waals surface area (Å²) in [4.78, 5) is 32.1. The van der Waals surface area contributed by atoms with Gasteiger partial charge in [-0.2, -0.15) is 0 Å². The molecule has 28 heavy (non-hydrogen) atoms. The Kier molecular flexibility index (Phi) is 5.51. The number of rotatable bonds is 5. The smallest absolute Gasteiger partial charge is 0.225 e. The van der Waals surface area contributed by atoms with Crippen LogP contribution in [0.5, 0.6) is 0 Å². The lowest BCUT2D eigenvalue weighted by molar-refractivity contribution is -0.125. The monoisotopic (exact) mass is 374 g/mol. The number of aromatic nitrogens is 4. The number of amides is 1. The fourth-order valence-electron chi connectivity index (χ4n) is 3.34. The highest BCUT2D eigenvalue weighted by Gasteiger charge is 2.26. The Morgan fingerprint density at radius 2 is 1.93 bits per heavy atom. The van der Waals surface area contributed by atoms with Gasteiger partial charge in [0.2, 0.25) is 11.9 Å². The quantitative estimate of drug-likeness (QED) is 0.739. The maximum absolute atomic E-state index is 12.5. The zero-order valence-electron chi connectivity index (χ0n) is 15.5. The maximum Gasteiger partial charge on any atom is 0.225 e. The topological polar surface area (TPSA) is 83.9 Å². The summed E-state index contributed by atoms with van der Waals surface area (Å²) in [7, 11) is 0. The molecule has 3 aromatic heterocycles. The van der Waals surface area contributed by atoms with Crippen molar-refractivity contribution in [2.24, 2.45) is 5.92 Å². The summed E-state index contributed by atoms with van der Waals surface area (Å²) in [6.07, 6.45) is 8.62. The van der Waals surface area contributed by atoms with E-state index in [1.165, 1.54) is 0 Å². The van der Waals surface area contributed by atoms with E-state index < -0.39 is 0 Å². The molecule has 1 fully saturated rings. The van der Waals surface area contributed by atoms with E-state index in [2.05, 4.69) is 30.2 Å². The van der Waals surface area contributed by atoms with Gasteiger partial charge >= 0.3 is 0 Å². The summed E-state index contributed by atoms with van der Waals surface area (Å²) in [6, 6.07) is 11.5. The number of hydrogen-bond acceptors (Lipinski definition) is 6. The van der Waals surface area contributed by atoms with Crippen molar-refractivity contribution in [3.8, 4) is 11.3 Å². The van der Waals surface area contributed by atoms with Gasteiger partial charge in [0.1, 0.15) is 0 Å². The average molecular weight is 374 g/mol. The van der Waals surface area contributed by atoms with Gasteiger partial charge in [0.25, 0.3) is 0 Å². The molecule has 1 amide bonds. The molecule has 0 aliphatic carbocycles. The molecule has 3 aromatic rings. The average Bonchev–Trinajstić information content (AvgIpc) is 2.79. The van der Waals surface area contributed by atoms with Crippen molar-refractivity contribution >= 4 is 11.9 Å². The second kappa shape index (κ2) is 8.56. The highest BCUT2D eigenvalue weighted by atomic mass is 16.1. The Hall–Kier alpha value is -3.35. The summed E-state index contributed by atoms with van der Waals surface area (Å²) in [6.45, 7) is 1.99. The summed E-state index contributed by atoms with van der Waals surface area (Å²) in [5.41, 5.74) is 2.69. The van der Waals surface area contributed by atoms with Gasteiger partial charge < -0.3 is 10.2 Å². The van der Waals surface area contributed by atoms with E-state index in [9.17, 15) is 4.79 Å². The Morgan fingerprint density at radius 1 is 1.04 bits per heavy atom. The standard InChI is InChI=1S/C21H22N6O/c28-20(25-15-18-5-1-2-10-23-18)16-7-12-27(13-8-16)21-24-11-6-19(26-21)17-4-3-9-22-14-17/h1-6,9-11,14,16H,7-8,12-13,15H2,(H,25,28). The molecule has 1 aliphatic heterocycles. The summed E-state index contributed by atoms with van der Waals surface area (Å²) in [5, 5.41) is 3.00. The molecule has 0 atom stereocenters. The number of piperidine rings is 1. The van der Waals surface area contributed by atoms with E-state index in [1.807, 2.05) is 36.4 Å². The SMILES string of the molecule is O=C(NCc1ccccn1)C1CCN(c2nccc(-c3cccnc3)n2)CC1. The van der Waals surface area contributed by atoms with E-state index in [-0.39, 0.29) is 11.8 Å². The Labute approximate surface area is 163 Å². The number of nitrogens with one attached hydrogen (secondary N) is 1. The maximum atomic E-state index is 12.5. The van der Waals surface area contributed by atoms with Gasteiger partial charge in [-0.25, -0.2) is 9.97 Å². The van der Waals surface area contributed by atoms with Crippen molar-refractivity contribution in [1.29, 1.82) is 0 Å². The highest BCUT2D eigenvalue weighted by molar-refractivity contribution is 5.78. The molecule has 142 valence electrons. The third kappa shape index (κ3) is 4.31. The third-order valence-electron chi connectivity index (χ3n) is 4.92. The van der Waals surface area contributed by atoms with E-state index in [1.54, 1.807) is 24.8 Å². The van der Waals surface area contributed by atoms with Gasteiger partial charge in [-0.1, -0.05) is 6.07 Å². The van der Waals surface area contributed by atoms with Crippen LogP contribution in [-0.2, 0) is 11.3 Å². The number of carbonyl (C=O) groups is 1. The molecule has 1 saturated heterocycles. The molecule has 0 spiro atoms. The van der Waals surface area contributed by atoms with E-state index >= 15 is 0 Å². The van der Waals surface area contributed by atoms with Crippen LogP contribution in [0.15, 0.2) is 61.2 Å². The molecule has 0 unspecified atom stereocenters. The molecule has 7 nitrogen and oxygen atoms in total. The molecular weight excluding hydrogens is 352 g/mol. The van der Waals surface area contributed by atoms with Crippen molar-refractivity contribution in [3.05, 3.63) is 66.9 Å².